The van der Waals surface area contributed by atoms with Crippen LogP contribution in [0.25, 0.3) is 0 Å². The number of sulfone groups is 1. The van der Waals surface area contributed by atoms with Gasteiger partial charge in [0.25, 0.3) is 0 Å². The molecule has 1 aliphatic rings. The lowest BCUT2D eigenvalue weighted by atomic mass is 10.2. The molecule has 1 aromatic heterocycles. The molecule has 8 nitrogen and oxygen atoms in total. The maximum absolute atomic E-state index is 11.7. The second-order valence-corrected chi connectivity index (χ2v) is 8.02. The van der Waals surface area contributed by atoms with Crippen LogP contribution in [0.15, 0.2) is 30.5 Å². The predicted octanol–water partition coefficient (Wildman–Crippen LogP) is 1.50. The highest BCUT2D eigenvalue weighted by Crippen LogP contribution is 2.23. The smallest absolute Gasteiger partial charge is 0.249 e. The highest BCUT2D eigenvalue weighted by atomic mass is 32.2. The van der Waals surface area contributed by atoms with E-state index in [4.69, 9.17) is 5.26 Å². The van der Waals surface area contributed by atoms with Gasteiger partial charge in [-0.25, -0.2) is 8.42 Å². The van der Waals surface area contributed by atoms with Crippen LogP contribution in [0, 0.1) is 11.3 Å². The Morgan fingerprint density at radius 3 is 2.72 bits per heavy atom. The first kappa shape index (κ1) is 17.1. The quantitative estimate of drug-likeness (QED) is 0.856. The van der Waals surface area contributed by atoms with Crippen LogP contribution in [-0.2, 0) is 9.84 Å². The summed E-state index contributed by atoms with van der Waals surface area (Å²) < 4.78 is 23.5. The summed E-state index contributed by atoms with van der Waals surface area (Å²) in [4.78, 5) is 6.40. The van der Waals surface area contributed by atoms with Crippen LogP contribution in [0.4, 0.5) is 17.5 Å². The zero-order chi connectivity index (χ0) is 17.9. The van der Waals surface area contributed by atoms with Gasteiger partial charge in [0.1, 0.15) is 0 Å². The molecule has 0 aliphatic carbocycles. The first-order chi connectivity index (χ1) is 12.0. The van der Waals surface area contributed by atoms with Crippen molar-refractivity contribution < 1.29 is 8.42 Å². The summed E-state index contributed by atoms with van der Waals surface area (Å²) in [5, 5.41) is 19.8. The largest absolute Gasteiger partial charge is 0.351 e. The third kappa shape index (κ3) is 4.03. The third-order valence-corrected chi connectivity index (χ3v) is 5.85. The Kier molecular flexibility index (Phi) is 4.81. The molecule has 3 rings (SSSR count). The molecule has 0 radical (unpaired) electrons. The number of nitriles is 1. The molecule has 1 aliphatic heterocycles. The summed E-state index contributed by atoms with van der Waals surface area (Å²) in [6.45, 7) is 2.59. The van der Waals surface area contributed by atoms with Crippen molar-refractivity contribution in [2.75, 3.05) is 28.3 Å². The molecule has 130 valence electrons. The summed E-state index contributed by atoms with van der Waals surface area (Å²) in [5.41, 5.74) is 1.31. The van der Waals surface area contributed by atoms with Crippen LogP contribution >= 0.6 is 0 Å². The SMILES string of the molecule is CCN(c1cnnc(Nc2ccc(C#N)cc2)n1)C1CCS(=O)(=O)C1. The highest BCUT2D eigenvalue weighted by Gasteiger charge is 2.32. The minimum absolute atomic E-state index is 0.0885. The van der Waals surface area contributed by atoms with E-state index in [0.29, 0.717) is 30.3 Å². The van der Waals surface area contributed by atoms with Crippen molar-refractivity contribution in [3.05, 3.63) is 36.0 Å². The number of nitrogens with one attached hydrogen (secondary N) is 1. The van der Waals surface area contributed by atoms with Gasteiger partial charge in [0.2, 0.25) is 5.95 Å². The maximum Gasteiger partial charge on any atom is 0.249 e. The molecule has 1 unspecified atom stereocenters. The topological polar surface area (TPSA) is 112 Å². The number of rotatable bonds is 5. The number of nitrogens with zero attached hydrogens (tertiary/aromatic N) is 5. The monoisotopic (exact) mass is 358 g/mol. The van der Waals surface area contributed by atoms with E-state index in [0.717, 1.165) is 5.69 Å². The summed E-state index contributed by atoms with van der Waals surface area (Å²) in [6.07, 6.45) is 2.14. The normalized spacial score (nSPS) is 18.5. The maximum atomic E-state index is 11.7. The summed E-state index contributed by atoms with van der Waals surface area (Å²) in [7, 11) is -2.97. The lowest BCUT2D eigenvalue weighted by Gasteiger charge is -2.27. The second kappa shape index (κ2) is 7.03. The number of anilines is 3. The van der Waals surface area contributed by atoms with Gasteiger partial charge >= 0.3 is 0 Å². The molecule has 1 aromatic carbocycles. The van der Waals surface area contributed by atoms with Gasteiger partial charge in [0.15, 0.2) is 15.7 Å². The lowest BCUT2D eigenvalue weighted by molar-refractivity contribution is 0.599. The molecule has 0 bridgehead atoms. The van der Waals surface area contributed by atoms with E-state index in [1.807, 2.05) is 11.8 Å². The molecule has 1 saturated heterocycles. The van der Waals surface area contributed by atoms with E-state index in [1.165, 1.54) is 0 Å². The van der Waals surface area contributed by atoms with Crippen LogP contribution < -0.4 is 10.2 Å². The Labute approximate surface area is 146 Å². The van der Waals surface area contributed by atoms with Crippen LogP contribution in [0.2, 0.25) is 0 Å². The molecule has 1 N–H and O–H groups in total. The van der Waals surface area contributed by atoms with E-state index in [9.17, 15) is 8.42 Å². The molecule has 1 fully saturated rings. The van der Waals surface area contributed by atoms with Gasteiger partial charge in [0, 0.05) is 18.3 Å². The minimum Gasteiger partial charge on any atom is -0.351 e. The molecule has 25 heavy (non-hydrogen) atoms. The first-order valence-electron chi connectivity index (χ1n) is 7.94. The fourth-order valence-corrected chi connectivity index (χ4v) is 4.60. The van der Waals surface area contributed by atoms with Crippen LogP contribution in [0.1, 0.15) is 18.9 Å². The Morgan fingerprint density at radius 1 is 1.36 bits per heavy atom. The Morgan fingerprint density at radius 2 is 2.12 bits per heavy atom. The van der Waals surface area contributed by atoms with Gasteiger partial charge in [-0.05, 0) is 37.6 Å². The molecule has 0 amide bonds. The van der Waals surface area contributed by atoms with Gasteiger partial charge in [-0.2, -0.15) is 15.3 Å². The molecule has 9 heteroatoms. The first-order valence-corrected chi connectivity index (χ1v) is 9.77. The van der Waals surface area contributed by atoms with Gasteiger partial charge in [0.05, 0.1) is 29.3 Å². The van der Waals surface area contributed by atoms with Gasteiger partial charge in [-0.15, -0.1) is 5.10 Å². The average Bonchev–Trinajstić information content (AvgIpc) is 2.96. The zero-order valence-electron chi connectivity index (χ0n) is 13.8. The van der Waals surface area contributed by atoms with E-state index >= 15 is 0 Å². The number of hydrogen-bond acceptors (Lipinski definition) is 8. The molecule has 1 atom stereocenters. The fourth-order valence-electron chi connectivity index (χ4n) is 2.87. The van der Waals surface area contributed by atoms with Crippen LogP contribution in [0.5, 0.6) is 0 Å². The van der Waals surface area contributed by atoms with Gasteiger partial charge in [-0.3, -0.25) is 0 Å². The molecular formula is C16H18N6O2S. The van der Waals surface area contributed by atoms with E-state index < -0.39 is 9.84 Å². The van der Waals surface area contributed by atoms with Crippen molar-refractivity contribution in [3.63, 3.8) is 0 Å². The van der Waals surface area contributed by atoms with Crippen molar-refractivity contribution in [2.24, 2.45) is 0 Å². The minimum atomic E-state index is -2.97. The van der Waals surface area contributed by atoms with Gasteiger partial charge in [-0.1, -0.05) is 0 Å². The molecule has 2 aromatic rings. The summed E-state index contributed by atoms with van der Waals surface area (Å²) in [5.74, 6) is 1.27. The van der Waals surface area contributed by atoms with E-state index in [1.54, 1.807) is 30.5 Å². The molecule has 0 spiro atoms. The Bertz CT molecular complexity index is 892. The van der Waals surface area contributed by atoms with Crippen LogP contribution in [-0.4, -0.2) is 47.7 Å². The highest BCUT2D eigenvalue weighted by molar-refractivity contribution is 7.91. The van der Waals surface area contributed by atoms with E-state index in [2.05, 4.69) is 26.6 Å². The lowest BCUT2D eigenvalue weighted by Crippen LogP contribution is -2.37. The number of hydrogen-bond donors (Lipinski definition) is 1. The number of benzene rings is 1. The standard InChI is InChI=1S/C16H18N6O2S/c1-2-22(14-7-8-25(23,24)11-14)15-10-18-21-16(20-15)19-13-5-3-12(9-17)4-6-13/h3-6,10,14H,2,7-8,11H2,1H3,(H,19,20,21). The van der Waals surface area contributed by atoms with Crippen molar-refractivity contribution in [1.29, 1.82) is 5.26 Å². The third-order valence-electron chi connectivity index (χ3n) is 4.10. The van der Waals surface area contributed by atoms with Crippen molar-refractivity contribution >= 4 is 27.3 Å². The average molecular weight is 358 g/mol. The zero-order valence-corrected chi connectivity index (χ0v) is 14.6. The van der Waals surface area contributed by atoms with E-state index in [-0.39, 0.29) is 17.5 Å². The molecule has 0 saturated carbocycles. The van der Waals surface area contributed by atoms with Crippen molar-refractivity contribution in [1.82, 2.24) is 15.2 Å². The molecular weight excluding hydrogens is 340 g/mol. The summed E-state index contributed by atoms with van der Waals surface area (Å²) in [6, 6.07) is 8.88. The second-order valence-electron chi connectivity index (χ2n) is 5.80. The Hall–Kier alpha value is -2.73. The number of aromatic nitrogens is 3. The Balaban J connectivity index is 1.79. The van der Waals surface area contributed by atoms with Crippen molar-refractivity contribution in [3.8, 4) is 6.07 Å². The fraction of sp³-hybridized carbons (Fsp3) is 0.375. The van der Waals surface area contributed by atoms with Gasteiger partial charge < -0.3 is 10.2 Å². The molecule has 2 heterocycles. The van der Waals surface area contributed by atoms with Crippen molar-refractivity contribution in [2.45, 2.75) is 19.4 Å². The summed E-state index contributed by atoms with van der Waals surface area (Å²) >= 11 is 0. The van der Waals surface area contributed by atoms with Crippen LogP contribution in [0.3, 0.4) is 0 Å². The predicted molar refractivity (Wildman–Crippen MR) is 94.3 cm³/mol.